The number of halogens is 1. The van der Waals surface area contributed by atoms with Gasteiger partial charge in [0.05, 0.1) is 5.60 Å². The Morgan fingerprint density at radius 3 is 3.06 bits per heavy atom. The number of anilines is 1. The van der Waals surface area contributed by atoms with Crippen molar-refractivity contribution in [3.63, 3.8) is 0 Å². The highest BCUT2D eigenvalue weighted by Gasteiger charge is 2.41. The van der Waals surface area contributed by atoms with Gasteiger partial charge in [-0.2, -0.15) is 5.10 Å². The Morgan fingerprint density at radius 1 is 1.71 bits per heavy atom. The van der Waals surface area contributed by atoms with E-state index in [0.29, 0.717) is 28.8 Å². The quantitative estimate of drug-likeness (QED) is 0.823. The van der Waals surface area contributed by atoms with Gasteiger partial charge in [-0.25, -0.2) is 14.5 Å². The molecule has 1 aliphatic rings. The summed E-state index contributed by atoms with van der Waals surface area (Å²) in [6, 6.07) is 0. The van der Waals surface area contributed by atoms with E-state index in [9.17, 15) is 5.11 Å². The van der Waals surface area contributed by atoms with Crippen molar-refractivity contribution in [2.24, 2.45) is 0 Å². The Labute approximate surface area is 107 Å². The van der Waals surface area contributed by atoms with Crippen LogP contribution in [-0.4, -0.2) is 30.3 Å². The molecule has 0 saturated heterocycles. The molecule has 2 heterocycles. The molecule has 2 aromatic rings. The summed E-state index contributed by atoms with van der Waals surface area (Å²) in [5.41, 5.74) is 5.72. The van der Waals surface area contributed by atoms with Crippen LogP contribution >= 0.6 is 15.9 Å². The van der Waals surface area contributed by atoms with Crippen LogP contribution < -0.4 is 5.73 Å². The molecule has 0 unspecified atom stereocenters. The van der Waals surface area contributed by atoms with E-state index >= 15 is 0 Å². The summed E-state index contributed by atoms with van der Waals surface area (Å²) in [5, 5.41) is 13.8. The maximum atomic E-state index is 9.79. The molecule has 7 heteroatoms. The highest BCUT2D eigenvalue weighted by atomic mass is 79.9. The van der Waals surface area contributed by atoms with E-state index in [-0.39, 0.29) is 18.0 Å². The highest BCUT2D eigenvalue weighted by molar-refractivity contribution is 9.10. The number of hydrogen-bond acceptors (Lipinski definition) is 5. The van der Waals surface area contributed by atoms with Crippen LogP contribution in [0.4, 0.5) is 5.82 Å². The van der Waals surface area contributed by atoms with Crippen LogP contribution in [0.15, 0.2) is 10.9 Å². The van der Waals surface area contributed by atoms with E-state index < -0.39 is 5.60 Å². The third kappa shape index (κ3) is 1.61. The normalized spacial score (nSPS) is 29.1. The number of imidazole rings is 1. The molecular weight excluding hydrogens is 286 g/mol. The number of nitrogens with zero attached hydrogens (tertiary/aromatic N) is 4. The topological polar surface area (TPSA) is 89.3 Å². The zero-order chi connectivity index (χ0) is 13.1. The van der Waals surface area contributed by atoms with Crippen molar-refractivity contribution in [2.75, 3.05) is 5.73 Å². The summed E-state index contributed by atoms with van der Waals surface area (Å²) in [5.74, 6) is 1.07. The molecule has 0 aromatic carbocycles. The number of aliphatic hydroxyl groups is 1. The molecular formula is C10H12BrN5O. The van der Waals surface area contributed by atoms with E-state index in [0.717, 1.165) is 0 Å². The highest BCUT2D eigenvalue weighted by Crippen LogP contribution is 2.44. The molecule has 0 amide bonds. The molecule has 3 rings (SSSR count). The van der Waals surface area contributed by atoms with Crippen molar-refractivity contribution < 1.29 is 6.48 Å². The van der Waals surface area contributed by atoms with Gasteiger partial charge in [0.1, 0.15) is 23.6 Å². The average molecular weight is 299 g/mol. The summed E-state index contributed by atoms with van der Waals surface area (Å²) >= 11 is 3.33. The van der Waals surface area contributed by atoms with Gasteiger partial charge in [-0.05, 0) is 35.7 Å². The number of rotatable bonds is 1. The standard InChI is InChI=1S/C10H12BrN5O/c1-10(17)2-5(3-10)9-15-7(11)6-8(12)13-4-14-16(6)9/h4-5,17H,2-3H2,1H3,(H2,12,13,14)/t5-,10+/i4D. The van der Waals surface area contributed by atoms with E-state index in [1.807, 2.05) is 0 Å². The van der Waals surface area contributed by atoms with Crippen LogP contribution in [0.5, 0.6) is 0 Å². The fraction of sp³-hybridized carbons (Fsp3) is 0.500. The van der Waals surface area contributed by atoms with E-state index in [1.54, 1.807) is 11.4 Å². The lowest BCUT2D eigenvalue weighted by atomic mass is 9.72. The van der Waals surface area contributed by atoms with Gasteiger partial charge in [0.15, 0.2) is 5.82 Å². The Kier molecular flexibility index (Phi) is 1.95. The zero-order valence-electron chi connectivity index (χ0n) is 10.2. The Morgan fingerprint density at radius 2 is 2.41 bits per heavy atom. The second-order valence-electron chi connectivity index (χ2n) is 4.72. The number of aromatic nitrogens is 4. The Hall–Kier alpha value is -1.21. The maximum absolute atomic E-state index is 9.79. The SMILES string of the molecule is [2H]c1nc(N)c2c(Br)nc([C@H]3C[C@@](C)(O)C3)n2n1. The fourth-order valence-corrected chi connectivity index (χ4v) is 2.89. The predicted molar refractivity (Wildman–Crippen MR) is 65.5 cm³/mol. The largest absolute Gasteiger partial charge is 0.390 e. The van der Waals surface area contributed by atoms with Crippen LogP contribution in [-0.2, 0) is 0 Å². The number of fused-ring (bicyclic) bond motifs is 1. The van der Waals surface area contributed by atoms with Crippen molar-refractivity contribution in [1.82, 2.24) is 19.6 Å². The van der Waals surface area contributed by atoms with Gasteiger partial charge in [-0.3, -0.25) is 0 Å². The lowest BCUT2D eigenvalue weighted by molar-refractivity contribution is -0.0337. The van der Waals surface area contributed by atoms with Gasteiger partial charge in [0.2, 0.25) is 0 Å². The van der Waals surface area contributed by atoms with Crippen molar-refractivity contribution >= 4 is 27.3 Å². The Bertz CT molecular complexity index is 633. The van der Waals surface area contributed by atoms with E-state index in [1.165, 1.54) is 0 Å². The van der Waals surface area contributed by atoms with Crippen LogP contribution in [0.3, 0.4) is 0 Å². The van der Waals surface area contributed by atoms with Gasteiger partial charge < -0.3 is 10.8 Å². The maximum Gasteiger partial charge on any atom is 0.154 e. The molecule has 0 bridgehead atoms. The van der Waals surface area contributed by atoms with Crippen molar-refractivity contribution in [3.05, 3.63) is 16.7 Å². The van der Waals surface area contributed by atoms with E-state index in [4.69, 9.17) is 7.10 Å². The Balaban J connectivity index is 2.14. The first-order valence-corrected chi connectivity index (χ1v) is 6.07. The zero-order valence-corrected chi connectivity index (χ0v) is 10.8. The van der Waals surface area contributed by atoms with Crippen molar-refractivity contribution in [3.8, 4) is 0 Å². The molecule has 2 aromatic heterocycles. The molecule has 0 aliphatic heterocycles. The molecule has 17 heavy (non-hydrogen) atoms. The molecule has 1 fully saturated rings. The minimum atomic E-state index is -0.634. The van der Waals surface area contributed by atoms with Gasteiger partial charge in [0.25, 0.3) is 0 Å². The fourth-order valence-electron chi connectivity index (χ4n) is 2.34. The summed E-state index contributed by atoms with van der Waals surface area (Å²) in [4.78, 5) is 8.18. The molecule has 90 valence electrons. The summed E-state index contributed by atoms with van der Waals surface area (Å²) in [6.45, 7) is 1.80. The first-order valence-electron chi connectivity index (χ1n) is 5.78. The number of nitrogen functional groups attached to an aromatic ring is 1. The van der Waals surface area contributed by atoms with Crippen molar-refractivity contribution in [2.45, 2.75) is 31.3 Å². The van der Waals surface area contributed by atoms with Crippen LogP contribution in [0.1, 0.15) is 32.9 Å². The van der Waals surface area contributed by atoms with Gasteiger partial charge >= 0.3 is 0 Å². The smallest absolute Gasteiger partial charge is 0.154 e. The van der Waals surface area contributed by atoms with Crippen LogP contribution in [0.25, 0.3) is 5.52 Å². The monoisotopic (exact) mass is 298 g/mol. The van der Waals surface area contributed by atoms with Gasteiger partial charge in [0, 0.05) is 5.92 Å². The summed E-state index contributed by atoms with van der Waals surface area (Å²) in [6.07, 6.45) is 1.13. The average Bonchev–Trinajstić information content (AvgIpc) is 2.51. The summed E-state index contributed by atoms with van der Waals surface area (Å²) < 4.78 is 9.62. The van der Waals surface area contributed by atoms with Crippen LogP contribution in [0.2, 0.25) is 0 Å². The first-order chi connectivity index (χ1) is 8.37. The number of nitrogens with two attached hydrogens (primary N) is 1. The second-order valence-corrected chi connectivity index (χ2v) is 5.47. The second kappa shape index (κ2) is 3.39. The molecule has 1 saturated carbocycles. The molecule has 3 N–H and O–H groups in total. The minimum absolute atomic E-state index is 0.132. The lowest BCUT2D eigenvalue weighted by Gasteiger charge is -2.39. The molecule has 0 spiro atoms. The van der Waals surface area contributed by atoms with Gasteiger partial charge in [-0.15, -0.1) is 0 Å². The summed E-state index contributed by atoms with van der Waals surface area (Å²) in [7, 11) is 0. The lowest BCUT2D eigenvalue weighted by Crippen LogP contribution is -2.40. The molecule has 0 radical (unpaired) electrons. The molecule has 0 atom stereocenters. The van der Waals surface area contributed by atoms with E-state index in [2.05, 4.69) is 31.0 Å². The first kappa shape index (κ1) is 9.78. The third-order valence-corrected chi connectivity index (χ3v) is 3.69. The van der Waals surface area contributed by atoms with Crippen LogP contribution in [0, 0.1) is 0 Å². The minimum Gasteiger partial charge on any atom is -0.390 e. The third-order valence-electron chi connectivity index (χ3n) is 3.13. The molecule has 1 aliphatic carbocycles. The van der Waals surface area contributed by atoms with Gasteiger partial charge in [-0.1, -0.05) is 0 Å². The predicted octanol–water partition coefficient (Wildman–Crippen LogP) is 1.10. The molecule has 6 nitrogen and oxygen atoms in total. The number of hydrogen-bond donors (Lipinski definition) is 2. The van der Waals surface area contributed by atoms with Crippen molar-refractivity contribution in [1.29, 1.82) is 0 Å².